The van der Waals surface area contributed by atoms with Crippen LogP contribution < -0.4 is 5.32 Å². The van der Waals surface area contributed by atoms with Crippen LogP contribution >= 0.6 is 0 Å². The predicted octanol–water partition coefficient (Wildman–Crippen LogP) is 2.07. The number of benzene rings is 1. The zero-order valence-corrected chi connectivity index (χ0v) is 13.2. The average molecular weight is 323 g/mol. The van der Waals surface area contributed by atoms with Gasteiger partial charge in [0.1, 0.15) is 6.04 Å². The molecule has 1 saturated carbocycles. The number of tetrazole rings is 1. The van der Waals surface area contributed by atoms with Crippen LogP contribution in [0.2, 0.25) is 0 Å². The molecule has 1 unspecified atom stereocenters. The first-order valence-corrected chi connectivity index (χ1v) is 7.90. The highest BCUT2D eigenvalue weighted by Gasteiger charge is 2.28. The number of amides is 1. The lowest BCUT2D eigenvalue weighted by molar-refractivity contribution is -0.119. The number of carbonyl (C=O) groups excluding carboxylic acids is 1. The Kier molecular flexibility index (Phi) is 3.56. The molecule has 1 aliphatic rings. The van der Waals surface area contributed by atoms with Gasteiger partial charge in [0.15, 0.2) is 5.82 Å². The highest BCUT2D eigenvalue weighted by molar-refractivity contribution is 5.93. The fourth-order valence-electron chi connectivity index (χ4n) is 2.56. The third-order valence-electron chi connectivity index (χ3n) is 4.07. The molecule has 0 saturated heterocycles. The van der Waals surface area contributed by atoms with E-state index in [-0.39, 0.29) is 11.9 Å². The maximum Gasteiger partial charge on any atom is 0.248 e. The summed E-state index contributed by atoms with van der Waals surface area (Å²) in [6, 6.07) is 9.36. The zero-order chi connectivity index (χ0) is 16.5. The second-order valence-electron chi connectivity index (χ2n) is 5.91. The molecule has 2 aromatic heterocycles. The summed E-state index contributed by atoms with van der Waals surface area (Å²) < 4.78 is 3.47. The molecular formula is C16H17N7O. The first-order valence-electron chi connectivity index (χ1n) is 7.90. The molecule has 4 rings (SSSR count). The van der Waals surface area contributed by atoms with E-state index in [0.29, 0.717) is 11.7 Å². The third-order valence-corrected chi connectivity index (χ3v) is 4.07. The number of rotatable bonds is 5. The van der Waals surface area contributed by atoms with Crippen molar-refractivity contribution in [3.05, 3.63) is 42.7 Å². The molecule has 0 spiro atoms. The van der Waals surface area contributed by atoms with Gasteiger partial charge in [0.2, 0.25) is 5.91 Å². The normalized spacial score (nSPS) is 15.2. The van der Waals surface area contributed by atoms with Crippen LogP contribution in [0.1, 0.15) is 31.8 Å². The Balaban J connectivity index is 1.54. The summed E-state index contributed by atoms with van der Waals surface area (Å²) in [5, 5.41) is 19.0. The average Bonchev–Trinajstić information content (AvgIpc) is 3.11. The van der Waals surface area contributed by atoms with E-state index in [1.807, 2.05) is 28.9 Å². The minimum atomic E-state index is -0.388. The van der Waals surface area contributed by atoms with E-state index in [4.69, 9.17) is 0 Å². The van der Waals surface area contributed by atoms with Crippen LogP contribution in [0.15, 0.2) is 42.7 Å². The van der Waals surface area contributed by atoms with E-state index in [1.165, 1.54) is 0 Å². The molecule has 24 heavy (non-hydrogen) atoms. The van der Waals surface area contributed by atoms with Crippen molar-refractivity contribution < 1.29 is 4.79 Å². The van der Waals surface area contributed by atoms with Gasteiger partial charge in [-0.25, -0.2) is 4.68 Å². The second-order valence-corrected chi connectivity index (χ2v) is 5.91. The van der Waals surface area contributed by atoms with E-state index in [2.05, 4.69) is 25.9 Å². The summed E-state index contributed by atoms with van der Waals surface area (Å²) in [7, 11) is 0. The summed E-state index contributed by atoms with van der Waals surface area (Å²) in [4.78, 5) is 12.4. The standard InChI is InChI=1S/C16H17N7O/c1-11(22-9-3-8-17-22)16(24)18-13-5-2-4-12(10-13)15-19-20-21-23(15)14-6-7-14/h2-5,8-11,14H,6-7H2,1H3,(H,18,24). The molecule has 122 valence electrons. The van der Waals surface area contributed by atoms with E-state index in [9.17, 15) is 4.79 Å². The van der Waals surface area contributed by atoms with Crippen molar-refractivity contribution in [1.29, 1.82) is 0 Å². The molecule has 0 aliphatic heterocycles. The lowest BCUT2D eigenvalue weighted by atomic mass is 10.2. The van der Waals surface area contributed by atoms with E-state index < -0.39 is 0 Å². The highest BCUT2D eigenvalue weighted by Crippen LogP contribution is 2.36. The SMILES string of the molecule is CC(C(=O)Nc1cccc(-c2nnnn2C2CC2)c1)n1cccn1. The maximum absolute atomic E-state index is 12.4. The minimum absolute atomic E-state index is 0.127. The van der Waals surface area contributed by atoms with Crippen molar-refractivity contribution in [3.8, 4) is 11.4 Å². The molecule has 3 aromatic rings. The van der Waals surface area contributed by atoms with Crippen LogP contribution in [0.25, 0.3) is 11.4 Å². The van der Waals surface area contributed by atoms with Crippen molar-refractivity contribution in [2.45, 2.75) is 31.8 Å². The van der Waals surface area contributed by atoms with E-state index in [0.717, 1.165) is 24.2 Å². The van der Waals surface area contributed by atoms with Gasteiger partial charge in [0.25, 0.3) is 0 Å². The summed E-state index contributed by atoms with van der Waals surface area (Å²) in [6.07, 6.45) is 5.64. The number of anilines is 1. The van der Waals surface area contributed by atoms with Crippen LogP contribution in [0, 0.1) is 0 Å². The van der Waals surface area contributed by atoms with Gasteiger partial charge >= 0.3 is 0 Å². The maximum atomic E-state index is 12.4. The number of hydrogen-bond acceptors (Lipinski definition) is 5. The van der Waals surface area contributed by atoms with Gasteiger partial charge in [-0.2, -0.15) is 5.10 Å². The molecule has 8 heteroatoms. The Morgan fingerprint density at radius 1 is 1.33 bits per heavy atom. The first kappa shape index (κ1) is 14.6. The summed E-state index contributed by atoms with van der Waals surface area (Å²) >= 11 is 0. The van der Waals surface area contributed by atoms with Crippen LogP contribution in [-0.2, 0) is 4.79 Å². The minimum Gasteiger partial charge on any atom is -0.324 e. The molecule has 2 heterocycles. The van der Waals surface area contributed by atoms with Gasteiger partial charge in [-0.1, -0.05) is 12.1 Å². The Morgan fingerprint density at radius 2 is 2.21 bits per heavy atom. The molecule has 0 bridgehead atoms. The fourth-order valence-corrected chi connectivity index (χ4v) is 2.56. The first-order chi connectivity index (χ1) is 11.7. The number of hydrogen-bond donors (Lipinski definition) is 1. The monoisotopic (exact) mass is 323 g/mol. The molecule has 1 aliphatic carbocycles. The van der Waals surface area contributed by atoms with Gasteiger partial charge in [-0.15, -0.1) is 5.10 Å². The molecule has 1 atom stereocenters. The third kappa shape index (κ3) is 2.78. The largest absolute Gasteiger partial charge is 0.324 e. The Hall–Kier alpha value is -3.03. The summed E-state index contributed by atoms with van der Waals surface area (Å²) in [5.41, 5.74) is 1.60. The number of nitrogens with zero attached hydrogens (tertiary/aromatic N) is 6. The topological polar surface area (TPSA) is 90.5 Å². The molecule has 1 N–H and O–H groups in total. The van der Waals surface area contributed by atoms with Crippen molar-refractivity contribution in [1.82, 2.24) is 30.0 Å². The molecule has 1 aromatic carbocycles. The highest BCUT2D eigenvalue weighted by atomic mass is 16.2. The van der Waals surface area contributed by atoms with Gasteiger partial charge in [0, 0.05) is 23.6 Å². The molecule has 8 nitrogen and oxygen atoms in total. The number of carbonyl (C=O) groups is 1. The van der Waals surface area contributed by atoms with Crippen LogP contribution in [0.5, 0.6) is 0 Å². The van der Waals surface area contributed by atoms with Gasteiger partial charge in [-0.05, 0) is 48.4 Å². The summed E-state index contributed by atoms with van der Waals surface area (Å²) in [6.45, 7) is 1.81. The van der Waals surface area contributed by atoms with E-state index >= 15 is 0 Å². The predicted molar refractivity (Wildman–Crippen MR) is 87.1 cm³/mol. The van der Waals surface area contributed by atoms with Crippen LogP contribution in [-0.4, -0.2) is 35.9 Å². The fraction of sp³-hybridized carbons (Fsp3) is 0.312. The van der Waals surface area contributed by atoms with Crippen molar-refractivity contribution >= 4 is 11.6 Å². The lowest BCUT2D eigenvalue weighted by Gasteiger charge is -2.13. The molecule has 0 radical (unpaired) electrons. The Bertz CT molecular complexity index is 851. The second kappa shape index (κ2) is 5.88. The van der Waals surface area contributed by atoms with Gasteiger partial charge in [-0.3, -0.25) is 9.48 Å². The van der Waals surface area contributed by atoms with Gasteiger partial charge < -0.3 is 5.32 Å². The van der Waals surface area contributed by atoms with Crippen molar-refractivity contribution in [2.24, 2.45) is 0 Å². The Morgan fingerprint density at radius 3 is 2.96 bits per heavy atom. The number of aromatic nitrogens is 6. The van der Waals surface area contributed by atoms with E-state index in [1.54, 1.807) is 30.1 Å². The molecular weight excluding hydrogens is 306 g/mol. The van der Waals surface area contributed by atoms with Gasteiger partial charge in [0.05, 0.1) is 6.04 Å². The van der Waals surface area contributed by atoms with Crippen molar-refractivity contribution in [2.75, 3.05) is 5.32 Å². The quantitative estimate of drug-likeness (QED) is 0.776. The smallest absolute Gasteiger partial charge is 0.248 e. The van der Waals surface area contributed by atoms with Crippen LogP contribution in [0.3, 0.4) is 0 Å². The molecule has 1 amide bonds. The van der Waals surface area contributed by atoms with Crippen LogP contribution in [0.4, 0.5) is 5.69 Å². The Labute approximate surface area is 138 Å². The lowest BCUT2D eigenvalue weighted by Crippen LogP contribution is -2.23. The summed E-state index contributed by atoms with van der Waals surface area (Å²) in [5.74, 6) is 0.603. The zero-order valence-electron chi connectivity index (χ0n) is 13.2. The number of nitrogens with one attached hydrogen (secondary N) is 1. The van der Waals surface area contributed by atoms with Crippen molar-refractivity contribution in [3.63, 3.8) is 0 Å². The molecule has 1 fully saturated rings.